The number of phenols is 2. The standard InChI is InChI=1S/C25H23ClN4O8S/c1-13(31)37-20-10-29(2)7-6-14(20)22-16(32)8-17(33)23-18(34)9-19(38-25(22)23)15-4-3-5-21(24(15)26)39(35,36)30-12-27-11-28-30/h3-5,8-9,11-12,14,20,32-33H,6-7,10H2,1-2H3/t14-,20-/m0/s1. The number of likely N-dealkylation sites (N-methyl/N-ethyl adjacent to an activating group) is 1. The number of hydrogen-bond acceptors (Lipinski definition) is 11. The van der Waals surface area contributed by atoms with E-state index in [4.69, 9.17) is 20.8 Å². The second-order valence-electron chi connectivity index (χ2n) is 9.20. The third-order valence-corrected chi connectivity index (χ3v) is 8.70. The third kappa shape index (κ3) is 4.73. The minimum atomic E-state index is -4.21. The SMILES string of the molecule is CC(=O)O[C@H]1CN(C)CC[C@@H]1c1c(O)cc(O)c2c(=O)cc(-c3cccc(S(=O)(=O)n4cncn4)c3Cl)oc12. The summed E-state index contributed by atoms with van der Waals surface area (Å²) >= 11 is 6.53. The lowest BCUT2D eigenvalue weighted by molar-refractivity contribution is -0.149. The van der Waals surface area contributed by atoms with Crippen molar-refractivity contribution in [3.8, 4) is 22.8 Å². The van der Waals surface area contributed by atoms with E-state index in [-0.39, 0.29) is 43.5 Å². The molecular weight excluding hydrogens is 552 g/mol. The number of esters is 1. The summed E-state index contributed by atoms with van der Waals surface area (Å²) < 4.78 is 38.4. The largest absolute Gasteiger partial charge is 0.507 e. The van der Waals surface area contributed by atoms with Gasteiger partial charge in [0, 0.05) is 42.6 Å². The number of nitrogens with zero attached hydrogens (tertiary/aromatic N) is 4. The number of piperidine rings is 1. The zero-order chi connectivity index (χ0) is 28.1. The van der Waals surface area contributed by atoms with Gasteiger partial charge in [0.25, 0.3) is 10.0 Å². The summed E-state index contributed by atoms with van der Waals surface area (Å²) in [5, 5.41) is 24.7. The smallest absolute Gasteiger partial charge is 0.302 e. The summed E-state index contributed by atoms with van der Waals surface area (Å²) in [5.74, 6) is -2.03. The maximum absolute atomic E-state index is 13.3. The second kappa shape index (κ2) is 9.98. The Labute approximate surface area is 227 Å². The van der Waals surface area contributed by atoms with Crippen LogP contribution in [0.25, 0.3) is 22.3 Å². The van der Waals surface area contributed by atoms with Crippen molar-refractivity contribution < 1.29 is 32.6 Å². The number of carbonyl (C=O) groups excluding carboxylic acids is 1. The molecule has 14 heteroatoms. The Morgan fingerprint density at radius 3 is 2.69 bits per heavy atom. The van der Waals surface area contributed by atoms with Gasteiger partial charge in [0.1, 0.15) is 51.9 Å². The number of likely N-dealkylation sites (tertiary alicyclic amines) is 1. The molecule has 0 bridgehead atoms. The first-order valence-electron chi connectivity index (χ1n) is 11.8. The van der Waals surface area contributed by atoms with Gasteiger partial charge in [0.15, 0.2) is 5.43 Å². The Hall–Kier alpha value is -3.94. The van der Waals surface area contributed by atoms with E-state index in [0.29, 0.717) is 23.6 Å². The van der Waals surface area contributed by atoms with E-state index in [9.17, 15) is 28.2 Å². The van der Waals surface area contributed by atoms with Crippen molar-refractivity contribution in [2.45, 2.75) is 30.3 Å². The number of benzene rings is 2. The molecule has 0 unspecified atom stereocenters. The van der Waals surface area contributed by atoms with Gasteiger partial charge in [-0.3, -0.25) is 9.59 Å². The van der Waals surface area contributed by atoms with Crippen LogP contribution in [-0.2, 0) is 19.6 Å². The molecule has 1 aliphatic heterocycles. The van der Waals surface area contributed by atoms with Gasteiger partial charge in [-0.1, -0.05) is 17.7 Å². The van der Waals surface area contributed by atoms with Gasteiger partial charge in [0.05, 0.1) is 5.02 Å². The van der Waals surface area contributed by atoms with Crippen LogP contribution in [0.15, 0.2) is 57.1 Å². The lowest BCUT2D eigenvalue weighted by Gasteiger charge is -2.36. The third-order valence-electron chi connectivity index (χ3n) is 6.60. The molecule has 0 saturated carbocycles. The summed E-state index contributed by atoms with van der Waals surface area (Å²) in [6, 6.07) is 6.29. The molecule has 1 aliphatic rings. The monoisotopic (exact) mass is 574 g/mol. The van der Waals surface area contributed by atoms with Crippen molar-refractivity contribution >= 4 is 38.6 Å². The Bertz CT molecular complexity index is 1750. The fourth-order valence-electron chi connectivity index (χ4n) is 4.87. The molecule has 0 spiro atoms. The van der Waals surface area contributed by atoms with E-state index in [0.717, 1.165) is 24.8 Å². The fraction of sp³-hybridized carbons (Fsp3) is 0.280. The maximum atomic E-state index is 13.3. The Balaban J connectivity index is 1.73. The van der Waals surface area contributed by atoms with Crippen LogP contribution in [0.2, 0.25) is 5.02 Å². The second-order valence-corrected chi connectivity index (χ2v) is 11.3. The van der Waals surface area contributed by atoms with E-state index in [1.807, 2.05) is 11.9 Å². The number of hydrogen-bond donors (Lipinski definition) is 2. The van der Waals surface area contributed by atoms with Crippen molar-refractivity contribution in [2.24, 2.45) is 0 Å². The van der Waals surface area contributed by atoms with Crippen LogP contribution in [0, 0.1) is 0 Å². The van der Waals surface area contributed by atoms with Crippen LogP contribution in [-0.4, -0.2) is 69.9 Å². The number of halogens is 1. The fourth-order valence-corrected chi connectivity index (χ4v) is 6.51. The average molecular weight is 575 g/mol. The minimum Gasteiger partial charge on any atom is -0.507 e. The lowest BCUT2D eigenvalue weighted by atomic mass is 9.85. The van der Waals surface area contributed by atoms with Crippen LogP contribution in [0.3, 0.4) is 0 Å². The molecule has 5 rings (SSSR count). The van der Waals surface area contributed by atoms with Crippen molar-refractivity contribution in [1.29, 1.82) is 0 Å². The molecule has 2 N–H and O–H groups in total. The molecule has 2 atom stereocenters. The highest BCUT2D eigenvalue weighted by Gasteiger charge is 2.36. The molecule has 204 valence electrons. The summed E-state index contributed by atoms with van der Waals surface area (Å²) in [6.07, 6.45) is 1.84. The van der Waals surface area contributed by atoms with Crippen LogP contribution in [0.5, 0.6) is 11.5 Å². The minimum absolute atomic E-state index is 0.0746. The molecule has 3 heterocycles. The maximum Gasteiger partial charge on any atom is 0.302 e. The van der Waals surface area contributed by atoms with Gasteiger partial charge >= 0.3 is 5.97 Å². The van der Waals surface area contributed by atoms with E-state index in [2.05, 4.69) is 10.1 Å². The first-order valence-corrected chi connectivity index (χ1v) is 13.6. The highest BCUT2D eigenvalue weighted by atomic mass is 35.5. The normalized spacial score (nSPS) is 18.3. The van der Waals surface area contributed by atoms with Gasteiger partial charge < -0.3 is 24.3 Å². The molecular formula is C25H23ClN4O8S. The molecule has 0 amide bonds. The van der Waals surface area contributed by atoms with E-state index in [1.54, 1.807) is 0 Å². The molecule has 39 heavy (non-hydrogen) atoms. The number of carbonyl (C=O) groups is 1. The Morgan fingerprint density at radius 2 is 2.00 bits per heavy atom. The Kier molecular flexibility index (Phi) is 6.83. The van der Waals surface area contributed by atoms with E-state index in [1.165, 1.54) is 25.1 Å². The number of ether oxygens (including phenoxy) is 1. The number of phenolic OH excluding ortho intramolecular Hbond substituents is 2. The van der Waals surface area contributed by atoms with E-state index < -0.39 is 39.2 Å². The van der Waals surface area contributed by atoms with Crippen LogP contribution < -0.4 is 5.43 Å². The van der Waals surface area contributed by atoms with Crippen LogP contribution in [0.4, 0.5) is 0 Å². The number of fused-ring (bicyclic) bond motifs is 1. The highest BCUT2D eigenvalue weighted by molar-refractivity contribution is 7.90. The summed E-state index contributed by atoms with van der Waals surface area (Å²) in [6.45, 7) is 2.24. The van der Waals surface area contributed by atoms with Gasteiger partial charge in [-0.2, -0.15) is 8.42 Å². The Morgan fingerprint density at radius 1 is 1.23 bits per heavy atom. The van der Waals surface area contributed by atoms with E-state index >= 15 is 0 Å². The molecule has 0 radical (unpaired) electrons. The quantitative estimate of drug-likeness (QED) is 0.336. The molecule has 2 aromatic carbocycles. The van der Waals surface area contributed by atoms with Crippen molar-refractivity contribution in [3.05, 3.63) is 63.8 Å². The van der Waals surface area contributed by atoms with Crippen molar-refractivity contribution in [1.82, 2.24) is 19.1 Å². The van der Waals surface area contributed by atoms with Gasteiger partial charge in [-0.15, -0.1) is 9.19 Å². The van der Waals surface area contributed by atoms with Crippen molar-refractivity contribution in [2.75, 3.05) is 20.1 Å². The molecule has 4 aromatic rings. The molecule has 1 fully saturated rings. The number of rotatable bonds is 5. The molecule has 12 nitrogen and oxygen atoms in total. The van der Waals surface area contributed by atoms with Gasteiger partial charge in [-0.05, 0) is 32.1 Å². The predicted molar refractivity (Wildman–Crippen MR) is 139 cm³/mol. The van der Waals surface area contributed by atoms with Gasteiger partial charge in [-0.25, -0.2) is 4.98 Å². The summed E-state index contributed by atoms with van der Waals surface area (Å²) in [4.78, 5) is 30.4. The summed E-state index contributed by atoms with van der Waals surface area (Å²) in [5.41, 5.74) is -0.515. The first kappa shape index (κ1) is 26.7. The molecule has 0 aliphatic carbocycles. The van der Waals surface area contributed by atoms with Crippen LogP contribution >= 0.6 is 11.6 Å². The number of aromatic nitrogens is 3. The molecule has 1 saturated heterocycles. The lowest BCUT2D eigenvalue weighted by Crippen LogP contribution is -2.43. The zero-order valence-electron chi connectivity index (χ0n) is 20.7. The van der Waals surface area contributed by atoms with Gasteiger partial charge in [0.2, 0.25) is 0 Å². The first-order chi connectivity index (χ1) is 18.5. The topological polar surface area (TPSA) is 165 Å². The number of aromatic hydroxyl groups is 2. The molecule has 2 aromatic heterocycles. The summed E-state index contributed by atoms with van der Waals surface area (Å²) in [7, 11) is -2.35. The van der Waals surface area contributed by atoms with Crippen LogP contribution in [0.1, 0.15) is 24.8 Å². The predicted octanol–water partition coefficient (Wildman–Crippen LogP) is 2.70. The average Bonchev–Trinajstić information content (AvgIpc) is 3.40. The highest BCUT2D eigenvalue weighted by Crippen LogP contribution is 2.44. The zero-order valence-corrected chi connectivity index (χ0v) is 22.3. The van der Waals surface area contributed by atoms with Crippen molar-refractivity contribution in [3.63, 3.8) is 0 Å².